The second-order valence-corrected chi connectivity index (χ2v) is 5.57. The molecule has 3 atom stereocenters. The number of phenols is 1. The molecule has 2 amide bonds. The summed E-state index contributed by atoms with van der Waals surface area (Å²) in [5.74, 6) is -4.77. The van der Waals surface area contributed by atoms with E-state index in [1.165, 1.54) is 12.2 Å². The average Bonchev–Trinajstić information content (AvgIpc) is 2.53. The quantitative estimate of drug-likeness (QED) is 0.339. The number of nitro groups is 1. The number of ether oxygens (including phenoxy) is 1. The number of halogens is 3. The molecule has 148 valence electrons. The molecule has 0 bridgehead atoms. The lowest BCUT2D eigenvalue weighted by molar-refractivity contribution is -0.385. The summed E-state index contributed by atoms with van der Waals surface area (Å²) in [6.07, 6.45) is -5.50. The molecular formula is C14H14F3N3O7. The molecule has 0 saturated carbocycles. The van der Waals surface area contributed by atoms with Gasteiger partial charge in [-0.2, -0.15) is 13.2 Å². The molecule has 13 heteroatoms. The molecular weight excluding hydrogens is 379 g/mol. The third kappa shape index (κ3) is 3.58. The van der Waals surface area contributed by atoms with Crippen LogP contribution in [0.15, 0.2) is 18.2 Å². The minimum Gasteiger partial charge on any atom is -0.508 e. The molecule has 1 aromatic carbocycles. The van der Waals surface area contributed by atoms with Crippen molar-refractivity contribution in [3.05, 3.63) is 33.9 Å². The van der Waals surface area contributed by atoms with Crippen LogP contribution < -0.4 is 10.6 Å². The molecule has 3 unspecified atom stereocenters. The highest BCUT2D eigenvalue weighted by Crippen LogP contribution is 2.45. The summed E-state index contributed by atoms with van der Waals surface area (Å²) in [6, 6.07) is -1.10. The topological polar surface area (TPSA) is 151 Å². The lowest BCUT2D eigenvalue weighted by Gasteiger charge is -2.44. The van der Waals surface area contributed by atoms with Gasteiger partial charge >= 0.3 is 18.2 Å². The van der Waals surface area contributed by atoms with Crippen LogP contribution in [0.3, 0.4) is 0 Å². The van der Waals surface area contributed by atoms with Crippen LogP contribution in [-0.4, -0.2) is 45.6 Å². The van der Waals surface area contributed by atoms with Crippen molar-refractivity contribution in [3.8, 4) is 5.75 Å². The van der Waals surface area contributed by atoms with Crippen molar-refractivity contribution < 1.29 is 42.6 Å². The predicted octanol–water partition coefficient (Wildman–Crippen LogP) is 1.08. The molecule has 1 heterocycles. The van der Waals surface area contributed by atoms with Crippen molar-refractivity contribution >= 4 is 17.7 Å². The number of nitrogens with zero attached hydrogens (tertiary/aromatic N) is 1. The molecule has 0 radical (unpaired) electrons. The maximum atomic E-state index is 13.5. The second kappa shape index (κ2) is 6.90. The van der Waals surface area contributed by atoms with Crippen LogP contribution in [0.25, 0.3) is 0 Å². The molecule has 1 aromatic rings. The van der Waals surface area contributed by atoms with Gasteiger partial charge in [-0.05, 0) is 13.0 Å². The zero-order valence-electron chi connectivity index (χ0n) is 13.6. The summed E-state index contributed by atoms with van der Waals surface area (Å²) < 4.78 is 45.0. The van der Waals surface area contributed by atoms with Crippen molar-refractivity contribution in [1.82, 2.24) is 10.6 Å². The zero-order valence-corrected chi connectivity index (χ0v) is 13.6. The van der Waals surface area contributed by atoms with E-state index >= 15 is 0 Å². The van der Waals surface area contributed by atoms with Crippen LogP contribution in [0, 0.1) is 16.0 Å². The number of nitrogens with one attached hydrogen (secondary N) is 2. The van der Waals surface area contributed by atoms with Gasteiger partial charge in [-0.1, -0.05) is 0 Å². The van der Waals surface area contributed by atoms with E-state index in [4.69, 9.17) is 0 Å². The fourth-order valence-corrected chi connectivity index (χ4v) is 2.70. The number of amides is 2. The Bertz CT molecular complexity index is 786. The molecule has 27 heavy (non-hydrogen) atoms. The van der Waals surface area contributed by atoms with E-state index in [1.807, 2.05) is 5.32 Å². The molecule has 1 fully saturated rings. The van der Waals surface area contributed by atoms with Crippen LogP contribution in [0.4, 0.5) is 23.7 Å². The number of hydrogen-bond donors (Lipinski definition) is 4. The fourth-order valence-electron chi connectivity index (χ4n) is 2.70. The van der Waals surface area contributed by atoms with Gasteiger partial charge in [-0.15, -0.1) is 0 Å². The molecule has 1 saturated heterocycles. The molecule has 4 N–H and O–H groups in total. The number of aliphatic hydroxyl groups is 1. The highest BCUT2D eigenvalue weighted by molar-refractivity contribution is 5.83. The fraction of sp³-hybridized carbons (Fsp3) is 0.429. The highest BCUT2D eigenvalue weighted by Gasteiger charge is 2.67. The standard InChI is InChI=1S/C14H14F3N3O7/c1-2-27-11(22)9-10(7-5-6(20(25)26)3-4-8(7)21)18-12(23)19-13(9,24)14(15,16)17/h3-5,9-10,21,24H,2H2,1H3,(H2,18,19,23). The van der Waals surface area contributed by atoms with Crippen LogP contribution >= 0.6 is 0 Å². The number of alkyl halides is 3. The van der Waals surface area contributed by atoms with E-state index in [0.717, 1.165) is 12.1 Å². The summed E-state index contributed by atoms with van der Waals surface area (Å²) >= 11 is 0. The number of nitro benzene ring substituents is 1. The van der Waals surface area contributed by atoms with Crippen molar-refractivity contribution in [1.29, 1.82) is 0 Å². The SMILES string of the molecule is CCOC(=O)C1C(c2cc([N+](=O)[O-])ccc2O)NC(=O)NC1(O)C(F)(F)F. The Morgan fingerprint density at radius 3 is 2.59 bits per heavy atom. The van der Waals surface area contributed by atoms with Crippen LogP contribution in [-0.2, 0) is 9.53 Å². The van der Waals surface area contributed by atoms with Gasteiger partial charge in [-0.25, -0.2) is 4.79 Å². The first kappa shape index (κ1) is 20.2. The number of esters is 1. The van der Waals surface area contributed by atoms with Gasteiger partial charge < -0.3 is 25.6 Å². The Hall–Kier alpha value is -3.09. The number of benzene rings is 1. The Labute approximate surface area is 149 Å². The smallest absolute Gasteiger partial charge is 0.437 e. The van der Waals surface area contributed by atoms with E-state index in [0.29, 0.717) is 6.07 Å². The largest absolute Gasteiger partial charge is 0.508 e. The second-order valence-electron chi connectivity index (χ2n) is 5.57. The average molecular weight is 393 g/mol. The van der Waals surface area contributed by atoms with E-state index in [1.54, 1.807) is 0 Å². The first-order valence-electron chi connectivity index (χ1n) is 7.44. The van der Waals surface area contributed by atoms with Crippen molar-refractivity contribution in [2.75, 3.05) is 6.61 Å². The number of urea groups is 1. The van der Waals surface area contributed by atoms with E-state index in [9.17, 15) is 43.1 Å². The predicted molar refractivity (Wildman–Crippen MR) is 80.3 cm³/mol. The number of carbonyl (C=O) groups excluding carboxylic acids is 2. The zero-order chi connectivity index (χ0) is 20.6. The Morgan fingerprint density at radius 1 is 1.44 bits per heavy atom. The van der Waals surface area contributed by atoms with Gasteiger partial charge in [0, 0.05) is 17.7 Å². The third-order valence-electron chi connectivity index (χ3n) is 3.90. The molecule has 1 aliphatic heterocycles. The Morgan fingerprint density at radius 2 is 2.07 bits per heavy atom. The number of rotatable bonds is 4. The lowest BCUT2D eigenvalue weighted by atomic mass is 9.81. The first-order valence-corrected chi connectivity index (χ1v) is 7.44. The summed E-state index contributed by atoms with van der Waals surface area (Å²) in [7, 11) is 0. The number of hydrogen-bond acceptors (Lipinski definition) is 7. The van der Waals surface area contributed by atoms with Crippen molar-refractivity contribution in [2.24, 2.45) is 5.92 Å². The molecule has 2 rings (SSSR count). The maximum absolute atomic E-state index is 13.5. The summed E-state index contributed by atoms with van der Waals surface area (Å²) in [5, 5.41) is 34.2. The van der Waals surface area contributed by atoms with Gasteiger partial charge in [0.1, 0.15) is 11.7 Å². The highest BCUT2D eigenvalue weighted by atomic mass is 19.4. The minimum atomic E-state index is -5.50. The molecule has 0 aromatic heterocycles. The van der Waals surface area contributed by atoms with Gasteiger partial charge in [-0.3, -0.25) is 14.9 Å². The summed E-state index contributed by atoms with van der Waals surface area (Å²) in [5.41, 5.74) is -5.22. The summed E-state index contributed by atoms with van der Waals surface area (Å²) in [4.78, 5) is 33.9. The maximum Gasteiger partial charge on any atom is 0.437 e. The number of aromatic hydroxyl groups is 1. The molecule has 1 aliphatic rings. The molecule has 0 aliphatic carbocycles. The van der Waals surface area contributed by atoms with Gasteiger partial charge in [0.05, 0.1) is 17.6 Å². The van der Waals surface area contributed by atoms with Crippen molar-refractivity contribution in [3.63, 3.8) is 0 Å². The molecule has 10 nitrogen and oxygen atoms in total. The van der Waals surface area contributed by atoms with Crippen LogP contribution in [0.5, 0.6) is 5.75 Å². The van der Waals surface area contributed by atoms with Gasteiger partial charge in [0.25, 0.3) is 11.4 Å². The van der Waals surface area contributed by atoms with Crippen LogP contribution in [0.1, 0.15) is 18.5 Å². The van der Waals surface area contributed by atoms with Gasteiger partial charge in [0.15, 0.2) is 0 Å². The normalized spacial score (nSPS) is 25.3. The molecule has 0 spiro atoms. The number of phenolic OH excluding ortho intramolecular Hbond substituents is 1. The van der Waals surface area contributed by atoms with E-state index in [-0.39, 0.29) is 6.61 Å². The minimum absolute atomic E-state index is 0.342. The first-order chi connectivity index (χ1) is 12.4. The monoisotopic (exact) mass is 393 g/mol. The number of carbonyl (C=O) groups is 2. The Balaban J connectivity index is 2.68. The summed E-state index contributed by atoms with van der Waals surface area (Å²) in [6.45, 7) is 0.962. The third-order valence-corrected chi connectivity index (χ3v) is 3.90. The van der Waals surface area contributed by atoms with E-state index < -0.39 is 57.8 Å². The van der Waals surface area contributed by atoms with Gasteiger partial charge in [0.2, 0.25) is 0 Å². The lowest BCUT2D eigenvalue weighted by Crippen LogP contribution is -2.73. The van der Waals surface area contributed by atoms with Crippen molar-refractivity contribution in [2.45, 2.75) is 24.9 Å². The Kier molecular flexibility index (Phi) is 5.17. The van der Waals surface area contributed by atoms with Crippen LogP contribution in [0.2, 0.25) is 0 Å². The van der Waals surface area contributed by atoms with E-state index in [2.05, 4.69) is 4.74 Å². The number of non-ortho nitro benzene ring substituents is 1.